The van der Waals surface area contributed by atoms with E-state index in [4.69, 9.17) is 5.14 Å². The Kier molecular flexibility index (Phi) is 4.09. The highest BCUT2D eigenvalue weighted by atomic mass is 32.2. The molecule has 0 spiro atoms. The maximum absolute atomic E-state index is 14.9. The molecule has 0 saturated heterocycles. The number of aromatic amines is 1. The van der Waals surface area contributed by atoms with E-state index in [0.29, 0.717) is 33.4 Å². The number of halogens is 1. The summed E-state index contributed by atoms with van der Waals surface area (Å²) < 4.78 is 38.0. The van der Waals surface area contributed by atoms with Gasteiger partial charge < -0.3 is 4.98 Å². The number of nitrogens with one attached hydrogen (secondary N) is 1. The van der Waals surface area contributed by atoms with Crippen LogP contribution in [0.15, 0.2) is 72.1 Å². The van der Waals surface area contributed by atoms with Crippen molar-refractivity contribution in [3.8, 4) is 22.4 Å². The van der Waals surface area contributed by atoms with E-state index in [1.165, 1.54) is 24.3 Å². The van der Waals surface area contributed by atoms with Crippen molar-refractivity contribution in [3.05, 3.63) is 73.1 Å². The van der Waals surface area contributed by atoms with Gasteiger partial charge >= 0.3 is 0 Å². The van der Waals surface area contributed by atoms with Crippen LogP contribution >= 0.6 is 0 Å². The van der Waals surface area contributed by atoms with Gasteiger partial charge in [-0.25, -0.2) is 22.9 Å². The number of H-pyrrole nitrogens is 1. The monoisotopic (exact) mass is 419 g/mol. The first kappa shape index (κ1) is 18.3. The summed E-state index contributed by atoms with van der Waals surface area (Å²) >= 11 is 0. The van der Waals surface area contributed by atoms with Crippen LogP contribution in [-0.2, 0) is 10.0 Å². The largest absolute Gasteiger partial charge is 0.338 e. The fourth-order valence-corrected chi connectivity index (χ4v) is 4.02. The highest BCUT2D eigenvalue weighted by molar-refractivity contribution is 7.89. The molecular weight excluding hydrogens is 405 g/mol. The van der Waals surface area contributed by atoms with Crippen LogP contribution < -0.4 is 5.14 Å². The van der Waals surface area contributed by atoms with E-state index in [1.807, 2.05) is 18.2 Å². The van der Waals surface area contributed by atoms with Crippen molar-refractivity contribution in [2.24, 2.45) is 5.14 Å². The lowest BCUT2D eigenvalue weighted by molar-refractivity contribution is 0.598. The van der Waals surface area contributed by atoms with Crippen molar-refractivity contribution in [2.45, 2.75) is 4.90 Å². The van der Waals surface area contributed by atoms with E-state index >= 15 is 0 Å². The van der Waals surface area contributed by atoms with Gasteiger partial charge in [0.25, 0.3) is 0 Å². The van der Waals surface area contributed by atoms with Crippen LogP contribution in [0.4, 0.5) is 4.39 Å². The first-order chi connectivity index (χ1) is 14.4. The van der Waals surface area contributed by atoms with Crippen molar-refractivity contribution >= 4 is 32.0 Å². The predicted molar refractivity (Wildman–Crippen MR) is 111 cm³/mol. The molecule has 0 fully saturated rings. The minimum Gasteiger partial charge on any atom is -0.338 e. The lowest BCUT2D eigenvalue weighted by atomic mass is 10.0. The SMILES string of the molecule is NS(=O)(=O)c1ccc(-c2c(F)cnc3[nH]c4cnc(-c5cccnc5)cc4c23)cc1. The quantitative estimate of drug-likeness (QED) is 0.463. The zero-order chi connectivity index (χ0) is 20.9. The molecule has 0 saturated carbocycles. The fraction of sp³-hybridized carbons (Fsp3) is 0. The first-order valence-corrected chi connectivity index (χ1v) is 10.5. The number of nitrogens with two attached hydrogens (primary N) is 1. The number of sulfonamides is 1. The summed E-state index contributed by atoms with van der Waals surface area (Å²) in [7, 11) is -3.84. The van der Waals surface area contributed by atoms with Crippen molar-refractivity contribution in [1.29, 1.82) is 0 Å². The predicted octanol–water partition coefficient (Wildman–Crippen LogP) is 3.63. The Balaban J connectivity index is 1.78. The van der Waals surface area contributed by atoms with Gasteiger partial charge in [-0.1, -0.05) is 12.1 Å². The Morgan fingerprint density at radius 3 is 2.47 bits per heavy atom. The molecule has 3 N–H and O–H groups in total. The van der Waals surface area contributed by atoms with E-state index in [2.05, 4.69) is 19.9 Å². The van der Waals surface area contributed by atoms with Crippen LogP contribution in [0.25, 0.3) is 44.3 Å². The molecule has 0 aliphatic heterocycles. The minimum absolute atomic E-state index is 0.0426. The summed E-state index contributed by atoms with van der Waals surface area (Å²) in [5.41, 5.74) is 3.55. The molecule has 0 aliphatic carbocycles. The number of rotatable bonds is 3. The number of aromatic nitrogens is 4. The van der Waals surface area contributed by atoms with Crippen molar-refractivity contribution < 1.29 is 12.8 Å². The number of fused-ring (bicyclic) bond motifs is 3. The van der Waals surface area contributed by atoms with Crippen LogP contribution in [0.2, 0.25) is 0 Å². The molecule has 30 heavy (non-hydrogen) atoms. The number of benzene rings is 1. The van der Waals surface area contributed by atoms with Gasteiger partial charge in [0.05, 0.1) is 28.5 Å². The molecule has 9 heteroatoms. The standard InChI is InChI=1S/C21H14FN5O2S/c22-16-10-26-21-20(19(16)12-3-5-14(6-4-12)30(23,28)29)15-8-17(25-11-18(15)27-21)13-2-1-7-24-9-13/h1-11H,(H,26,27)(H2,23,28,29). The topological polar surface area (TPSA) is 115 Å². The second-order valence-corrected chi connectivity index (χ2v) is 8.32. The molecule has 4 heterocycles. The van der Waals surface area contributed by atoms with Gasteiger partial charge in [-0.3, -0.25) is 9.97 Å². The average Bonchev–Trinajstić information content (AvgIpc) is 3.12. The van der Waals surface area contributed by atoms with Crippen LogP contribution in [-0.4, -0.2) is 28.4 Å². The Morgan fingerprint density at radius 2 is 1.77 bits per heavy atom. The number of hydrogen-bond donors (Lipinski definition) is 2. The summed E-state index contributed by atoms with van der Waals surface area (Å²) in [6, 6.07) is 11.3. The van der Waals surface area contributed by atoms with Gasteiger partial charge in [-0.05, 0) is 35.9 Å². The van der Waals surface area contributed by atoms with E-state index in [0.717, 1.165) is 17.1 Å². The number of hydrogen-bond acceptors (Lipinski definition) is 5. The van der Waals surface area contributed by atoms with E-state index in [1.54, 1.807) is 18.6 Å². The third-order valence-electron chi connectivity index (χ3n) is 4.89. The maximum Gasteiger partial charge on any atom is 0.238 e. The Hall–Kier alpha value is -3.69. The zero-order valence-corrected chi connectivity index (χ0v) is 16.2. The molecule has 0 atom stereocenters. The fourth-order valence-electron chi connectivity index (χ4n) is 3.50. The zero-order valence-electron chi connectivity index (χ0n) is 15.4. The molecule has 0 amide bonds. The Labute approximate surface area is 170 Å². The van der Waals surface area contributed by atoms with Gasteiger partial charge in [-0.15, -0.1) is 0 Å². The van der Waals surface area contributed by atoms with Crippen molar-refractivity contribution in [2.75, 3.05) is 0 Å². The highest BCUT2D eigenvalue weighted by Gasteiger charge is 2.18. The molecule has 148 valence electrons. The molecule has 0 aliphatic rings. The smallest absolute Gasteiger partial charge is 0.238 e. The maximum atomic E-state index is 14.9. The van der Waals surface area contributed by atoms with Gasteiger partial charge in [0.1, 0.15) is 11.5 Å². The normalized spacial score (nSPS) is 11.9. The van der Waals surface area contributed by atoms with Gasteiger partial charge in [0.2, 0.25) is 10.0 Å². The van der Waals surface area contributed by atoms with Crippen molar-refractivity contribution in [3.63, 3.8) is 0 Å². The van der Waals surface area contributed by atoms with Crippen LogP contribution in [0.3, 0.4) is 0 Å². The Morgan fingerprint density at radius 1 is 0.967 bits per heavy atom. The number of primary sulfonamides is 1. The summed E-state index contributed by atoms with van der Waals surface area (Å²) in [4.78, 5) is 15.9. The Bertz CT molecular complexity index is 1510. The molecule has 0 bridgehead atoms. The second-order valence-electron chi connectivity index (χ2n) is 6.76. The van der Waals surface area contributed by atoms with Crippen LogP contribution in [0.1, 0.15) is 0 Å². The molecule has 0 radical (unpaired) electrons. The molecule has 0 unspecified atom stereocenters. The van der Waals surface area contributed by atoms with E-state index < -0.39 is 15.8 Å². The minimum atomic E-state index is -3.84. The molecule has 5 aromatic rings. The molecule has 4 aromatic heterocycles. The van der Waals surface area contributed by atoms with Crippen LogP contribution in [0.5, 0.6) is 0 Å². The summed E-state index contributed by atoms with van der Waals surface area (Å²) in [6.45, 7) is 0. The van der Waals surface area contributed by atoms with E-state index in [9.17, 15) is 12.8 Å². The average molecular weight is 419 g/mol. The molecule has 1 aromatic carbocycles. The van der Waals surface area contributed by atoms with Crippen LogP contribution in [0, 0.1) is 5.82 Å². The third-order valence-corrected chi connectivity index (χ3v) is 5.82. The first-order valence-electron chi connectivity index (χ1n) is 8.91. The molecule has 7 nitrogen and oxygen atoms in total. The second kappa shape index (κ2) is 6.68. The van der Waals surface area contributed by atoms with Gasteiger partial charge in [0, 0.05) is 34.3 Å². The summed E-state index contributed by atoms with van der Waals surface area (Å²) in [5, 5.41) is 6.50. The van der Waals surface area contributed by atoms with Gasteiger partial charge in [-0.2, -0.15) is 0 Å². The lowest BCUT2D eigenvalue weighted by Gasteiger charge is -2.07. The molecular formula is C21H14FN5O2S. The highest BCUT2D eigenvalue weighted by Crippen LogP contribution is 2.36. The number of nitrogens with zero attached hydrogens (tertiary/aromatic N) is 3. The van der Waals surface area contributed by atoms with E-state index in [-0.39, 0.29) is 4.90 Å². The molecule has 5 rings (SSSR count). The number of pyridine rings is 3. The third kappa shape index (κ3) is 3.00. The summed E-state index contributed by atoms with van der Waals surface area (Å²) in [5.74, 6) is -0.522. The lowest BCUT2D eigenvalue weighted by Crippen LogP contribution is -2.11. The summed E-state index contributed by atoms with van der Waals surface area (Å²) in [6.07, 6.45) is 6.19. The van der Waals surface area contributed by atoms with Crippen molar-refractivity contribution in [1.82, 2.24) is 19.9 Å². The van der Waals surface area contributed by atoms with Gasteiger partial charge in [0.15, 0.2) is 0 Å².